The molecule has 1 saturated carbocycles. The van der Waals surface area contributed by atoms with Crippen molar-refractivity contribution in [2.24, 2.45) is 0 Å². The molecule has 1 aromatic heterocycles. The predicted octanol–water partition coefficient (Wildman–Crippen LogP) is 4.24. The Kier molecular flexibility index (Phi) is 5.79. The molecule has 0 radical (unpaired) electrons. The highest BCUT2D eigenvalue weighted by molar-refractivity contribution is 5.27. The molecular weight excluding hydrogens is 424 g/mol. The maximum absolute atomic E-state index is 13.6. The van der Waals surface area contributed by atoms with Gasteiger partial charge in [0.25, 0.3) is 0 Å². The van der Waals surface area contributed by atoms with Gasteiger partial charge in [-0.05, 0) is 50.0 Å². The van der Waals surface area contributed by atoms with E-state index in [0.717, 1.165) is 56.8 Å². The second-order valence-electron chi connectivity index (χ2n) is 9.08. The van der Waals surface area contributed by atoms with Gasteiger partial charge in [-0.15, -0.1) is 0 Å². The summed E-state index contributed by atoms with van der Waals surface area (Å²) in [7, 11) is 0. The van der Waals surface area contributed by atoms with E-state index in [-0.39, 0.29) is 12.1 Å². The zero-order valence-electron chi connectivity index (χ0n) is 17.7. The van der Waals surface area contributed by atoms with Gasteiger partial charge >= 0.3 is 6.18 Å². The molecule has 0 unspecified atom stereocenters. The first-order chi connectivity index (χ1) is 15.3. The molecule has 0 spiro atoms. The van der Waals surface area contributed by atoms with E-state index in [9.17, 15) is 17.6 Å². The van der Waals surface area contributed by atoms with Crippen molar-refractivity contribution in [1.29, 1.82) is 0 Å². The number of benzene rings is 1. The molecule has 0 bridgehead atoms. The first-order valence-corrected chi connectivity index (χ1v) is 11.2. The molecule has 0 N–H and O–H groups in total. The molecule has 0 amide bonds. The fourth-order valence-electron chi connectivity index (χ4n) is 4.81. The summed E-state index contributed by atoms with van der Waals surface area (Å²) in [6.07, 6.45) is 2.96. The van der Waals surface area contributed by atoms with Crippen molar-refractivity contribution in [1.82, 2.24) is 19.8 Å². The van der Waals surface area contributed by atoms with Crippen LogP contribution >= 0.6 is 0 Å². The monoisotopic (exact) mass is 450 g/mol. The summed E-state index contributed by atoms with van der Waals surface area (Å²) in [5.74, 6) is -0.132. The number of alkyl halides is 3. The third-order valence-corrected chi connectivity index (χ3v) is 6.55. The van der Waals surface area contributed by atoms with Crippen molar-refractivity contribution >= 4 is 0 Å². The number of rotatable bonds is 5. The third kappa shape index (κ3) is 4.88. The molecule has 2 aromatic rings. The first kappa shape index (κ1) is 21.6. The maximum Gasteiger partial charge on any atom is 0.419 e. The van der Waals surface area contributed by atoms with Crippen LogP contribution in [0.25, 0.3) is 0 Å². The van der Waals surface area contributed by atoms with Crippen molar-refractivity contribution in [2.45, 2.75) is 56.5 Å². The highest BCUT2D eigenvalue weighted by Crippen LogP contribution is 2.38. The Bertz CT molecular complexity index is 948. The van der Waals surface area contributed by atoms with Gasteiger partial charge in [-0.3, -0.25) is 14.8 Å². The van der Waals surface area contributed by atoms with E-state index in [0.29, 0.717) is 23.9 Å². The van der Waals surface area contributed by atoms with Gasteiger partial charge in [0, 0.05) is 38.0 Å². The summed E-state index contributed by atoms with van der Waals surface area (Å²) in [5, 5.41) is 0. The number of hydrogen-bond acceptors (Lipinski definition) is 5. The largest absolute Gasteiger partial charge is 0.472 e. The Labute approximate surface area is 184 Å². The summed E-state index contributed by atoms with van der Waals surface area (Å²) < 4.78 is 58.8. The molecule has 2 aliphatic heterocycles. The van der Waals surface area contributed by atoms with Gasteiger partial charge in [0.1, 0.15) is 11.9 Å². The van der Waals surface area contributed by atoms with Crippen LogP contribution in [0.2, 0.25) is 0 Å². The molecule has 2 atom stereocenters. The second kappa shape index (κ2) is 8.59. The highest BCUT2D eigenvalue weighted by Gasteiger charge is 2.37. The third-order valence-electron chi connectivity index (χ3n) is 6.55. The van der Waals surface area contributed by atoms with Gasteiger partial charge in [-0.2, -0.15) is 13.2 Å². The number of halogens is 4. The van der Waals surface area contributed by atoms with Gasteiger partial charge in [0.05, 0.1) is 23.7 Å². The molecule has 1 aliphatic carbocycles. The molecule has 172 valence electrons. The average Bonchev–Trinajstić information content (AvgIpc) is 3.55. The smallest absolute Gasteiger partial charge is 0.419 e. The Morgan fingerprint density at radius 3 is 2.62 bits per heavy atom. The van der Waals surface area contributed by atoms with Gasteiger partial charge < -0.3 is 4.74 Å². The van der Waals surface area contributed by atoms with E-state index in [1.165, 1.54) is 18.9 Å². The van der Waals surface area contributed by atoms with E-state index in [4.69, 9.17) is 4.74 Å². The molecule has 9 heteroatoms. The number of aromatic nitrogens is 2. The van der Waals surface area contributed by atoms with Gasteiger partial charge in [-0.25, -0.2) is 9.37 Å². The van der Waals surface area contributed by atoms with Crippen LogP contribution in [0, 0.1) is 5.82 Å². The predicted molar refractivity (Wildman–Crippen MR) is 110 cm³/mol. The lowest BCUT2D eigenvalue weighted by Gasteiger charge is -2.25. The zero-order valence-corrected chi connectivity index (χ0v) is 17.7. The molecule has 32 heavy (non-hydrogen) atoms. The normalized spacial score (nSPS) is 24.9. The fraction of sp³-hybridized carbons (Fsp3) is 0.565. The van der Waals surface area contributed by atoms with Crippen LogP contribution in [0.3, 0.4) is 0 Å². The standard InChI is InChI=1S/C23H26F4N4O/c24-20-5-2-15(8-19(20)23(25,26)27)12-30-6-1-7-31-14-18(9-17(31)13-30)32-22-11-28-21(10-29-22)16-3-4-16/h2,5,8,10-11,16-18H,1,3-4,6-7,9,12-14H2/t17-,18+/m0/s1. The van der Waals surface area contributed by atoms with Crippen LogP contribution in [0.5, 0.6) is 5.88 Å². The van der Waals surface area contributed by atoms with Crippen LogP contribution in [-0.4, -0.2) is 58.1 Å². The van der Waals surface area contributed by atoms with E-state index in [1.54, 1.807) is 12.4 Å². The van der Waals surface area contributed by atoms with Crippen LogP contribution in [-0.2, 0) is 12.7 Å². The molecule has 3 heterocycles. The Hall–Kier alpha value is -2.26. The van der Waals surface area contributed by atoms with Gasteiger partial charge in [-0.1, -0.05) is 6.07 Å². The maximum atomic E-state index is 13.6. The van der Waals surface area contributed by atoms with E-state index in [1.807, 2.05) is 0 Å². The molecule has 5 nitrogen and oxygen atoms in total. The van der Waals surface area contributed by atoms with Crippen molar-refractivity contribution in [3.05, 3.63) is 53.2 Å². The average molecular weight is 450 g/mol. The van der Waals surface area contributed by atoms with Gasteiger partial charge in [0.2, 0.25) is 5.88 Å². The minimum atomic E-state index is -4.69. The molecular formula is C23H26F4N4O. The fourth-order valence-corrected chi connectivity index (χ4v) is 4.81. The highest BCUT2D eigenvalue weighted by atomic mass is 19.4. The molecule has 1 aromatic carbocycles. The number of nitrogens with zero attached hydrogens (tertiary/aromatic N) is 4. The van der Waals surface area contributed by atoms with E-state index in [2.05, 4.69) is 19.8 Å². The lowest BCUT2D eigenvalue weighted by Crippen LogP contribution is -2.36. The summed E-state index contributed by atoms with van der Waals surface area (Å²) in [4.78, 5) is 13.4. The van der Waals surface area contributed by atoms with Crippen LogP contribution < -0.4 is 4.74 Å². The molecule has 3 fully saturated rings. The second-order valence-corrected chi connectivity index (χ2v) is 9.08. The van der Waals surface area contributed by atoms with E-state index >= 15 is 0 Å². The summed E-state index contributed by atoms with van der Waals surface area (Å²) >= 11 is 0. The molecule has 3 aliphatic rings. The number of hydrogen-bond donors (Lipinski definition) is 0. The van der Waals surface area contributed by atoms with Crippen molar-refractivity contribution < 1.29 is 22.3 Å². The van der Waals surface area contributed by atoms with Crippen molar-refractivity contribution in [3.63, 3.8) is 0 Å². The lowest BCUT2D eigenvalue weighted by atomic mass is 10.1. The van der Waals surface area contributed by atoms with Crippen molar-refractivity contribution in [2.75, 3.05) is 26.2 Å². The van der Waals surface area contributed by atoms with Gasteiger partial charge in [0.15, 0.2) is 0 Å². The number of ether oxygens (including phenoxy) is 1. The van der Waals surface area contributed by atoms with Crippen LogP contribution in [0.1, 0.15) is 48.4 Å². The van der Waals surface area contributed by atoms with Crippen molar-refractivity contribution in [3.8, 4) is 5.88 Å². The summed E-state index contributed by atoms with van der Waals surface area (Å²) in [6.45, 7) is 3.63. The Morgan fingerprint density at radius 2 is 1.91 bits per heavy atom. The van der Waals surface area contributed by atoms with E-state index < -0.39 is 17.6 Å². The quantitative estimate of drug-likeness (QED) is 0.638. The minimum absolute atomic E-state index is 0.0173. The Balaban J connectivity index is 1.20. The molecule has 5 rings (SSSR count). The Morgan fingerprint density at radius 1 is 1.06 bits per heavy atom. The lowest BCUT2D eigenvalue weighted by molar-refractivity contribution is -0.140. The molecule has 2 saturated heterocycles. The summed E-state index contributed by atoms with van der Waals surface area (Å²) in [6, 6.07) is 3.56. The summed E-state index contributed by atoms with van der Waals surface area (Å²) in [5.41, 5.74) is 0.307. The SMILES string of the molecule is Fc1ccc(CN2CCCN3C[C@H](Oc4cnc(C5CC5)cn4)C[C@H]3C2)cc1C(F)(F)F. The number of fused-ring (bicyclic) bond motifs is 1. The van der Waals surface area contributed by atoms with Crippen LogP contribution in [0.4, 0.5) is 17.6 Å². The van der Waals surface area contributed by atoms with Crippen LogP contribution in [0.15, 0.2) is 30.6 Å². The topological polar surface area (TPSA) is 41.5 Å². The minimum Gasteiger partial charge on any atom is -0.472 e. The first-order valence-electron chi connectivity index (χ1n) is 11.2. The zero-order chi connectivity index (χ0) is 22.3.